The van der Waals surface area contributed by atoms with Crippen molar-refractivity contribution < 1.29 is 15.3 Å². The third kappa shape index (κ3) is 2.08. The molecule has 3 rings (SSSR count). The van der Waals surface area contributed by atoms with Crippen LogP contribution in [0.25, 0.3) is 11.2 Å². The molecule has 2 aromatic rings. The Balaban J connectivity index is 2.06. The van der Waals surface area contributed by atoms with Gasteiger partial charge in [0.05, 0.1) is 26.1 Å². The molecule has 0 fully saturated rings. The normalized spacial score (nSPS) is 22.4. The highest BCUT2D eigenvalue weighted by atomic mass is 16.3. The first-order chi connectivity index (χ1) is 10.2. The lowest BCUT2D eigenvalue weighted by Gasteiger charge is -2.21. The number of imidazole rings is 1. The maximum Gasteiger partial charge on any atom is 0.165 e. The monoisotopic (exact) mass is 291 g/mol. The number of hydrogen-bond acceptors (Lipinski definition) is 7. The van der Waals surface area contributed by atoms with Gasteiger partial charge in [0.15, 0.2) is 11.5 Å². The molecule has 0 unspecified atom stereocenters. The van der Waals surface area contributed by atoms with Crippen molar-refractivity contribution in [1.29, 1.82) is 0 Å². The van der Waals surface area contributed by atoms with Gasteiger partial charge in [-0.1, -0.05) is 0 Å². The van der Waals surface area contributed by atoms with Crippen LogP contribution in [0.2, 0.25) is 0 Å². The molecule has 1 aliphatic carbocycles. The van der Waals surface area contributed by atoms with Gasteiger partial charge in [0.2, 0.25) is 0 Å². The fourth-order valence-corrected chi connectivity index (χ4v) is 3.05. The Labute approximate surface area is 120 Å². The summed E-state index contributed by atoms with van der Waals surface area (Å²) in [6, 6.07) is -0.154. The molecule has 8 nitrogen and oxygen atoms in total. The van der Waals surface area contributed by atoms with Gasteiger partial charge in [0.25, 0.3) is 0 Å². The number of fused-ring (bicyclic) bond motifs is 1. The van der Waals surface area contributed by atoms with Crippen LogP contribution in [0.4, 0.5) is 5.82 Å². The lowest BCUT2D eigenvalue weighted by molar-refractivity contribution is 0.198. The molecule has 2 atom stereocenters. The topological polar surface area (TPSA) is 130 Å². The van der Waals surface area contributed by atoms with Crippen molar-refractivity contribution in [3.8, 4) is 0 Å². The van der Waals surface area contributed by atoms with Gasteiger partial charge in [-0.2, -0.15) is 0 Å². The summed E-state index contributed by atoms with van der Waals surface area (Å²) in [4.78, 5) is 12.3. The van der Waals surface area contributed by atoms with Gasteiger partial charge >= 0.3 is 0 Å². The number of hydrogen-bond donors (Lipinski definition) is 4. The van der Waals surface area contributed by atoms with E-state index in [0.29, 0.717) is 29.0 Å². The number of nitrogens with two attached hydrogens (primary N) is 1. The van der Waals surface area contributed by atoms with Crippen LogP contribution >= 0.6 is 0 Å². The van der Waals surface area contributed by atoms with Crippen LogP contribution in [0, 0.1) is 5.92 Å². The lowest BCUT2D eigenvalue weighted by atomic mass is 9.98. The summed E-state index contributed by atoms with van der Waals surface area (Å²) in [5.74, 6) is 0.0285. The molecule has 0 aromatic carbocycles. The molecule has 0 saturated heterocycles. The van der Waals surface area contributed by atoms with E-state index < -0.39 is 0 Å². The zero-order valence-corrected chi connectivity index (χ0v) is 11.3. The fourth-order valence-electron chi connectivity index (χ4n) is 3.05. The van der Waals surface area contributed by atoms with Crippen LogP contribution in [-0.2, 0) is 0 Å². The van der Waals surface area contributed by atoms with Crippen molar-refractivity contribution in [1.82, 2.24) is 19.5 Å². The van der Waals surface area contributed by atoms with Crippen LogP contribution in [0.15, 0.2) is 23.8 Å². The van der Waals surface area contributed by atoms with E-state index in [1.165, 1.54) is 6.33 Å². The number of aromatic nitrogens is 4. The second-order valence-electron chi connectivity index (χ2n) is 5.09. The van der Waals surface area contributed by atoms with Crippen molar-refractivity contribution in [2.75, 3.05) is 25.6 Å². The van der Waals surface area contributed by atoms with Crippen LogP contribution in [-0.4, -0.2) is 54.7 Å². The standard InChI is InChI=1S/C13H17N5O3/c14-12-11-13(16-5-15-12)18(6-17-11)10-1-7(2-19)8(3-20)9(10)4-21/h5-6,9-10,19-21H,1-4H2,(H2,14,15,16)/t9-,10+/m1/s1. The molecular formula is C13H17N5O3. The van der Waals surface area contributed by atoms with Gasteiger partial charge in [-0.3, -0.25) is 0 Å². The minimum absolute atomic E-state index is 0.121. The van der Waals surface area contributed by atoms with E-state index in [9.17, 15) is 15.3 Å². The number of anilines is 1. The molecule has 0 bridgehead atoms. The minimum Gasteiger partial charge on any atom is -0.396 e. The number of nitrogens with zero attached hydrogens (tertiary/aromatic N) is 4. The number of aliphatic hydroxyl groups is 3. The number of rotatable bonds is 4. The van der Waals surface area contributed by atoms with Crippen molar-refractivity contribution in [2.24, 2.45) is 5.92 Å². The minimum atomic E-state index is -0.272. The molecule has 5 N–H and O–H groups in total. The Morgan fingerprint density at radius 2 is 2.00 bits per heavy atom. The summed E-state index contributed by atoms with van der Waals surface area (Å²) in [7, 11) is 0. The summed E-state index contributed by atoms with van der Waals surface area (Å²) < 4.78 is 1.83. The van der Waals surface area contributed by atoms with E-state index in [-0.39, 0.29) is 31.8 Å². The highest BCUT2D eigenvalue weighted by Crippen LogP contribution is 2.41. The van der Waals surface area contributed by atoms with Crippen molar-refractivity contribution in [2.45, 2.75) is 12.5 Å². The lowest BCUT2D eigenvalue weighted by Crippen LogP contribution is -2.21. The fraction of sp³-hybridized carbons (Fsp3) is 0.462. The van der Waals surface area contributed by atoms with Crippen LogP contribution in [0.3, 0.4) is 0 Å². The van der Waals surface area contributed by atoms with Crippen molar-refractivity contribution in [3.63, 3.8) is 0 Å². The first-order valence-electron chi connectivity index (χ1n) is 6.67. The van der Waals surface area contributed by atoms with E-state index in [2.05, 4.69) is 15.0 Å². The predicted octanol–water partition coefficient (Wildman–Crippen LogP) is -0.757. The van der Waals surface area contributed by atoms with E-state index in [1.54, 1.807) is 6.33 Å². The third-order valence-electron chi connectivity index (χ3n) is 4.12. The molecule has 8 heteroatoms. The maximum absolute atomic E-state index is 9.66. The summed E-state index contributed by atoms with van der Waals surface area (Å²) in [5.41, 5.74) is 8.32. The Hall–Kier alpha value is -2.03. The molecule has 0 saturated carbocycles. The van der Waals surface area contributed by atoms with Crippen molar-refractivity contribution >= 4 is 17.0 Å². The van der Waals surface area contributed by atoms with Gasteiger partial charge < -0.3 is 25.6 Å². The molecule has 112 valence electrons. The molecule has 1 aliphatic rings. The Morgan fingerprint density at radius 3 is 2.67 bits per heavy atom. The Bertz CT molecular complexity index is 696. The molecule has 2 heterocycles. The average Bonchev–Trinajstić information content (AvgIpc) is 3.07. The summed E-state index contributed by atoms with van der Waals surface area (Å²) in [6.45, 7) is -0.432. The maximum atomic E-state index is 9.66. The smallest absolute Gasteiger partial charge is 0.165 e. The first-order valence-corrected chi connectivity index (χ1v) is 6.67. The predicted molar refractivity (Wildman–Crippen MR) is 75.2 cm³/mol. The van der Waals surface area contributed by atoms with Crippen molar-refractivity contribution in [3.05, 3.63) is 23.8 Å². The zero-order valence-electron chi connectivity index (χ0n) is 11.3. The highest BCUT2D eigenvalue weighted by Gasteiger charge is 2.35. The van der Waals surface area contributed by atoms with E-state index in [1.807, 2.05) is 4.57 Å². The van der Waals surface area contributed by atoms with Gasteiger partial charge in [-0.25, -0.2) is 15.0 Å². The zero-order chi connectivity index (χ0) is 15.0. The van der Waals surface area contributed by atoms with Gasteiger partial charge in [-0.05, 0) is 17.6 Å². The first kappa shape index (κ1) is 13.9. The van der Waals surface area contributed by atoms with E-state index in [4.69, 9.17) is 5.73 Å². The molecule has 0 radical (unpaired) electrons. The third-order valence-corrected chi connectivity index (χ3v) is 4.12. The molecule has 21 heavy (non-hydrogen) atoms. The van der Waals surface area contributed by atoms with Gasteiger partial charge in [0.1, 0.15) is 11.8 Å². The van der Waals surface area contributed by atoms with E-state index >= 15 is 0 Å². The van der Waals surface area contributed by atoms with Gasteiger partial charge in [-0.15, -0.1) is 0 Å². The quantitative estimate of drug-likeness (QED) is 0.545. The van der Waals surface area contributed by atoms with Crippen LogP contribution in [0.5, 0.6) is 0 Å². The second-order valence-corrected chi connectivity index (χ2v) is 5.09. The molecular weight excluding hydrogens is 274 g/mol. The second kappa shape index (κ2) is 5.40. The SMILES string of the molecule is Nc1ncnc2c1ncn2[C@H]1CC(CO)=C(CO)[C@H]1CO. The summed E-state index contributed by atoms with van der Waals surface area (Å²) in [6.07, 6.45) is 3.51. The number of nitrogen functional groups attached to an aromatic ring is 1. The van der Waals surface area contributed by atoms with Crippen LogP contribution in [0.1, 0.15) is 12.5 Å². The molecule has 0 spiro atoms. The average molecular weight is 291 g/mol. The number of aliphatic hydroxyl groups excluding tert-OH is 3. The highest BCUT2D eigenvalue weighted by molar-refractivity contribution is 5.81. The Morgan fingerprint density at radius 1 is 1.19 bits per heavy atom. The Kier molecular flexibility index (Phi) is 3.58. The summed E-state index contributed by atoms with van der Waals surface area (Å²) >= 11 is 0. The van der Waals surface area contributed by atoms with E-state index in [0.717, 1.165) is 5.57 Å². The largest absolute Gasteiger partial charge is 0.396 e. The summed E-state index contributed by atoms with van der Waals surface area (Å²) in [5, 5.41) is 28.6. The molecule has 0 amide bonds. The molecule has 0 aliphatic heterocycles. The van der Waals surface area contributed by atoms with Gasteiger partial charge in [0, 0.05) is 12.0 Å². The van der Waals surface area contributed by atoms with Crippen LogP contribution < -0.4 is 5.73 Å². The molecule has 2 aromatic heterocycles.